The fourth-order valence-corrected chi connectivity index (χ4v) is 2.65. The Morgan fingerprint density at radius 3 is 1.73 bits per heavy atom. The summed E-state index contributed by atoms with van der Waals surface area (Å²) in [5, 5.41) is -0.521. The van der Waals surface area contributed by atoms with E-state index in [0.29, 0.717) is 52.7 Å². The highest BCUT2D eigenvalue weighted by Crippen LogP contribution is 2.17. The van der Waals surface area contributed by atoms with Crippen LogP contribution in [-0.2, 0) is 33.3 Å². The Morgan fingerprint density at radius 2 is 1.33 bits per heavy atom. The molecule has 8 nitrogen and oxygen atoms in total. The van der Waals surface area contributed by atoms with E-state index in [1.165, 1.54) is 4.90 Å². The van der Waals surface area contributed by atoms with Gasteiger partial charge in [0.25, 0.3) is 0 Å². The van der Waals surface area contributed by atoms with E-state index < -0.39 is 5.25 Å². The molecule has 1 rings (SSSR count). The van der Waals surface area contributed by atoms with Gasteiger partial charge in [0.1, 0.15) is 5.78 Å². The number of thiol groups is 1. The Balaban J connectivity index is 0.00000407. The first-order valence-electron chi connectivity index (χ1n) is 10.6. The van der Waals surface area contributed by atoms with Crippen molar-refractivity contribution in [1.29, 1.82) is 0 Å². The minimum Gasteiger partial charge on any atom is -0.379 e. The molecule has 1 heterocycles. The lowest BCUT2D eigenvalue weighted by molar-refractivity contribution is -0.139. The fourth-order valence-electron chi connectivity index (χ4n) is 2.36. The van der Waals surface area contributed by atoms with E-state index in [4.69, 9.17) is 18.9 Å². The molecule has 1 atom stereocenters. The molecule has 0 radical (unpaired) electrons. The molecule has 1 aliphatic heterocycles. The number of Topliss-reactive ketones (excluding diaryl/α,β-unsaturated/α-hetero) is 1. The Morgan fingerprint density at radius 1 is 0.900 bits per heavy atom. The summed E-state index contributed by atoms with van der Waals surface area (Å²) >= 11 is 4.06. The van der Waals surface area contributed by atoms with E-state index in [1.807, 2.05) is 34.6 Å². The van der Waals surface area contributed by atoms with Gasteiger partial charge in [0, 0.05) is 18.3 Å². The van der Waals surface area contributed by atoms with E-state index in [2.05, 4.69) is 12.6 Å². The molecule has 0 aromatic rings. The second-order valence-electron chi connectivity index (χ2n) is 7.48. The number of likely N-dealkylation sites (tertiary alicyclic amines) is 1. The monoisotopic (exact) mass is 449 g/mol. The van der Waals surface area contributed by atoms with Crippen LogP contribution in [0.15, 0.2) is 0 Å². The largest absolute Gasteiger partial charge is 0.379 e. The molecule has 1 aliphatic rings. The summed E-state index contributed by atoms with van der Waals surface area (Å²) in [6, 6.07) is 0. The molecule has 1 fully saturated rings. The van der Waals surface area contributed by atoms with Gasteiger partial charge in [-0.25, -0.2) is 0 Å². The number of ether oxygens (including phenoxy) is 4. The van der Waals surface area contributed by atoms with Crippen molar-refractivity contribution in [3.63, 3.8) is 0 Å². The normalized spacial score (nSPS) is 16.6. The minimum absolute atomic E-state index is 0.158. The van der Waals surface area contributed by atoms with Crippen molar-refractivity contribution in [2.24, 2.45) is 5.41 Å². The van der Waals surface area contributed by atoms with Crippen LogP contribution < -0.4 is 0 Å². The van der Waals surface area contributed by atoms with Crippen LogP contribution in [0.3, 0.4) is 0 Å². The average Bonchev–Trinajstić information content (AvgIpc) is 2.94. The summed E-state index contributed by atoms with van der Waals surface area (Å²) in [5.41, 5.74) is -0.320. The third kappa shape index (κ3) is 12.6. The van der Waals surface area contributed by atoms with E-state index in [0.717, 1.165) is 0 Å². The first-order chi connectivity index (χ1) is 14.2. The van der Waals surface area contributed by atoms with Crippen molar-refractivity contribution in [1.82, 2.24) is 4.90 Å². The van der Waals surface area contributed by atoms with Crippen molar-refractivity contribution in [2.75, 3.05) is 59.4 Å². The quantitative estimate of drug-likeness (QED) is 0.233. The highest BCUT2D eigenvalue weighted by atomic mass is 32.1. The van der Waals surface area contributed by atoms with E-state index in [-0.39, 0.29) is 42.6 Å². The summed E-state index contributed by atoms with van der Waals surface area (Å²) in [6.45, 7) is 13.2. The van der Waals surface area contributed by atoms with Crippen LogP contribution >= 0.6 is 12.6 Å². The lowest BCUT2D eigenvalue weighted by Gasteiger charge is -2.16. The third-order valence-electron chi connectivity index (χ3n) is 4.11. The number of ketones is 1. The van der Waals surface area contributed by atoms with Crippen LogP contribution in [0, 0.1) is 5.41 Å². The summed E-state index contributed by atoms with van der Waals surface area (Å²) in [7, 11) is 0. The van der Waals surface area contributed by atoms with Crippen molar-refractivity contribution in [3.8, 4) is 0 Å². The van der Waals surface area contributed by atoms with Crippen LogP contribution in [-0.4, -0.2) is 87.1 Å². The Bertz CT molecular complexity index is 508. The van der Waals surface area contributed by atoms with Gasteiger partial charge in [-0.05, 0) is 0 Å². The minimum atomic E-state index is -0.521. The van der Waals surface area contributed by atoms with Gasteiger partial charge in [-0.1, -0.05) is 34.6 Å². The Kier molecular flexibility index (Phi) is 16.1. The summed E-state index contributed by atoms with van der Waals surface area (Å²) in [6.07, 6.45) is 0.576. The van der Waals surface area contributed by atoms with Crippen molar-refractivity contribution >= 4 is 30.2 Å². The van der Waals surface area contributed by atoms with Crippen molar-refractivity contribution in [3.05, 3.63) is 0 Å². The number of imide groups is 1. The summed E-state index contributed by atoms with van der Waals surface area (Å²) in [4.78, 5) is 36.1. The van der Waals surface area contributed by atoms with Crippen molar-refractivity contribution < 1.29 is 33.3 Å². The van der Waals surface area contributed by atoms with Crippen LogP contribution in [0.5, 0.6) is 0 Å². The summed E-state index contributed by atoms with van der Waals surface area (Å²) in [5.74, 6) is -0.268. The SMILES string of the molecule is CC.CC(C)(C)C(=O)CCOCCOCCOCCOCCN1C(=O)CC(S)C1=O. The first-order valence-corrected chi connectivity index (χ1v) is 11.1. The van der Waals surface area contributed by atoms with Crippen LogP contribution in [0.2, 0.25) is 0 Å². The molecule has 0 spiro atoms. The lowest BCUT2D eigenvalue weighted by Crippen LogP contribution is -2.34. The number of carbonyl (C=O) groups is 3. The number of rotatable bonds is 15. The first kappa shape index (κ1) is 29.0. The molecule has 0 bridgehead atoms. The molecular formula is C21H39NO7S. The van der Waals surface area contributed by atoms with E-state index in [1.54, 1.807) is 0 Å². The Labute approximate surface area is 186 Å². The van der Waals surface area contributed by atoms with Crippen molar-refractivity contribution in [2.45, 2.75) is 52.7 Å². The molecule has 1 unspecified atom stereocenters. The molecular weight excluding hydrogens is 410 g/mol. The zero-order chi connectivity index (χ0) is 23.0. The number of hydrogen-bond donors (Lipinski definition) is 1. The van der Waals surface area contributed by atoms with Gasteiger partial charge in [0.05, 0.1) is 64.6 Å². The molecule has 176 valence electrons. The number of amides is 2. The number of hydrogen-bond acceptors (Lipinski definition) is 8. The molecule has 30 heavy (non-hydrogen) atoms. The van der Waals surface area contributed by atoms with Crippen LogP contribution in [0.1, 0.15) is 47.5 Å². The molecule has 0 aromatic carbocycles. The van der Waals surface area contributed by atoms with Crippen LogP contribution in [0.25, 0.3) is 0 Å². The maximum absolute atomic E-state index is 11.7. The highest BCUT2D eigenvalue weighted by molar-refractivity contribution is 7.81. The number of nitrogens with zero attached hydrogens (tertiary/aromatic N) is 1. The van der Waals surface area contributed by atoms with E-state index in [9.17, 15) is 14.4 Å². The summed E-state index contributed by atoms with van der Waals surface area (Å²) < 4.78 is 21.5. The topological polar surface area (TPSA) is 91.4 Å². The maximum Gasteiger partial charge on any atom is 0.242 e. The smallest absolute Gasteiger partial charge is 0.242 e. The second kappa shape index (κ2) is 16.7. The van der Waals surface area contributed by atoms with Gasteiger partial charge in [-0.2, -0.15) is 12.6 Å². The van der Waals surface area contributed by atoms with Gasteiger partial charge in [0.15, 0.2) is 0 Å². The molecule has 2 amide bonds. The zero-order valence-corrected chi connectivity index (χ0v) is 20.0. The molecule has 0 aromatic heterocycles. The third-order valence-corrected chi connectivity index (χ3v) is 4.51. The molecule has 1 saturated heterocycles. The average molecular weight is 450 g/mol. The highest BCUT2D eigenvalue weighted by Gasteiger charge is 2.35. The Hall–Kier alpha value is -1.00. The van der Waals surface area contributed by atoms with Gasteiger partial charge >= 0.3 is 0 Å². The second-order valence-corrected chi connectivity index (χ2v) is 8.10. The van der Waals surface area contributed by atoms with Gasteiger partial charge in [-0.3, -0.25) is 19.3 Å². The van der Waals surface area contributed by atoms with E-state index >= 15 is 0 Å². The molecule has 0 N–H and O–H groups in total. The number of carbonyl (C=O) groups excluding carboxylic acids is 3. The lowest BCUT2D eigenvalue weighted by atomic mass is 9.89. The van der Waals surface area contributed by atoms with Gasteiger partial charge in [-0.15, -0.1) is 0 Å². The predicted octanol–water partition coefficient (Wildman–Crippen LogP) is 2.14. The van der Waals surface area contributed by atoms with Gasteiger partial charge in [0.2, 0.25) is 11.8 Å². The molecule has 0 aliphatic carbocycles. The molecule has 0 saturated carbocycles. The predicted molar refractivity (Wildman–Crippen MR) is 118 cm³/mol. The molecule has 9 heteroatoms. The van der Waals surface area contributed by atoms with Crippen LogP contribution in [0.4, 0.5) is 0 Å². The van der Waals surface area contributed by atoms with Gasteiger partial charge < -0.3 is 18.9 Å². The fraction of sp³-hybridized carbons (Fsp3) is 0.857. The maximum atomic E-state index is 11.7. The zero-order valence-electron chi connectivity index (χ0n) is 19.1. The standard InChI is InChI=1S/C19H33NO7S.C2H6/c1-19(2,3)16(21)4-6-24-8-10-26-12-13-27-11-9-25-7-5-20-17(22)14-15(28)18(20)23;1-2/h15,28H,4-14H2,1-3H3;1-2H3.